The molecule has 0 N–H and O–H groups in total. The molecule has 2 atom stereocenters. The average molecular weight is 399 g/mol. The Morgan fingerprint density at radius 2 is 1.70 bits per heavy atom. The van der Waals surface area contributed by atoms with Crippen molar-refractivity contribution < 1.29 is 9.59 Å². The monoisotopic (exact) mass is 398 g/mol. The number of benzene rings is 3. The highest BCUT2D eigenvalue weighted by Crippen LogP contribution is 2.34. The first-order valence-corrected chi connectivity index (χ1v) is 10.8. The van der Waals surface area contributed by atoms with Crippen LogP contribution in [0.5, 0.6) is 0 Å². The number of para-hydroxylation sites is 1. The smallest absolute Gasteiger partial charge is 0.254 e. The third-order valence-corrected chi connectivity index (χ3v) is 6.52. The van der Waals surface area contributed by atoms with E-state index in [4.69, 9.17) is 0 Å². The maximum atomic E-state index is 13.5. The molecular formula is C26H26N2O2. The first-order chi connectivity index (χ1) is 14.6. The van der Waals surface area contributed by atoms with E-state index in [1.807, 2.05) is 70.5 Å². The zero-order chi connectivity index (χ0) is 20.7. The van der Waals surface area contributed by atoms with Crippen molar-refractivity contribution in [3.05, 3.63) is 77.9 Å². The highest BCUT2D eigenvalue weighted by atomic mass is 16.2. The number of hydrogen-bond acceptors (Lipinski definition) is 2. The van der Waals surface area contributed by atoms with Crippen molar-refractivity contribution in [1.82, 2.24) is 4.90 Å². The van der Waals surface area contributed by atoms with Gasteiger partial charge in [0.1, 0.15) is 0 Å². The van der Waals surface area contributed by atoms with Crippen LogP contribution in [0.4, 0.5) is 5.69 Å². The van der Waals surface area contributed by atoms with Gasteiger partial charge in [-0.1, -0.05) is 54.6 Å². The maximum absolute atomic E-state index is 13.5. The van der Waals surface area contributed by atoms with E-state index in [1.54, 1.807) is 0 Å². The van der Waals surface area contributed by atoms with E-state index in [2.05, 4.69) is 13.0 Å². The van der Waals surface area contributed by atoms with Crippen molar-refractivity contribution in [2.45, 2.75) is 32.2 Å². The number of nitrogens with zero attached hydrogens (tertiary/aromatic N) is 2. The van der Waals surface area contributed by atoms with E-state index < -0.39 is 0 Å². The lowest BCUT2D eigenvalue weighted by atomic mass is 9.94. The summed E-state index contributed by atoms with van der Waals surface area (Å²) in [6, 6.07) is 22.2. The Labute approximate surface area is 177 Å². The number of piperidine rings is 1. The molecule has 1 saturated heterocycles. The zero-order valence-electron chi connectivity index (χ0n) is 17.3. The van der Waals surface area contributed by atoms with Gasteiger partial charge in [-0.05, 0) is 54.7 Å². The third kappa shape index (κ3) is 3.17. The second-order valence-electron chi connectivity index (χ2n) is 8.51. The summed E-state index contributed by atoms with van der Waals surface area (Å²) in [6.45, 7) is 3.31. The van der Waals surface area contributed by atoms with E-state index in [0.29, 0.717) is 13.1 Å². The number of hydrogen-bond donors (Lipinski definition) is 0. The lowest BCUT2D eigenvalue weighted by molar-refractivity contribution is -0.124. The molecule has 152 valence electrons. The van der Waals surface area contributed by atoms with E-state index in [1.165, 1.54) is 5.56 Å². The topological polar surface area (TPSA) is 40.6 Å². The lowest BCUT2D eigenvalue weighted by Crippen LogP contribution is -2.48. The van der Waals surface area contributed by atoms with Gasteiger partial charge in [0.15, 0.2) is 0 Å². The fraction of sp³-hybridized carbons (Fsp3) is 0.308. The number of anilines is 1. The summed E-state index contributed by atoms with van der Waals surface area (Å²) >= 11 is 0. The second-order valence-corrected chi connectivity index (χ2v) is 8.51. The van der Waals surface area contributed by atoms with E-state index in [0.717, 1.165) is 41.3 Å². The molecule has 3 aromatic rings. The van der Waals surface area contributed by atoms with Crippen LogP contribution in [0.15, 0.2) is 66.7 Å². The first kappa shape index (κ1) is 18.9. The SMILES string of the molecule is CC1Cc2ccccc2N1C(=O)C1CCCN(C(=O)c2cccc3ccccc23)C1. The van der Waals surface area contributed by atoms with Gasteiger partial charge < -0.3 is 9.80 Å². The van der Waals surface area contributed by atoms with E-state index >= 15 is 0 Å². The molecule has 0 aliphatic carbocycles. The number of amides is 2. The predicted molar refractivity (Wildman–Crippen MR) is 120 cm³/mol. The van der Waals surface area contributed by atoms with Crippen molar-refractivity contribution in [3.63, 3.8) is 0 Å². The Balaban J connectivity index is 1.38. The molecule has 2 amide bonds. The Hall–Kier alpha value is -3.14. The molecule has 0 spiro atoms. The molecule has 4 nitrogen and oxygen atoms in total. The van der Waals surface area contributed by atoms with Gasteiger partial charge in [0.2, 0.25) is 5.91 Å². The van der Waals surface area contributed by atoms with Gasteiger partial charge in [-0.15, -0.1) is 0 Å². The number of carbonyl (C=O) groups is 2. The summed E-state index contributed by atoms with van der Waals surface area (Å²) in [6.07, 6.45) is 2.59. The summed E-state index contributed by atoms with van der Waals surface area (Å²) in [5, 5.41) is 2.04. The van der Waals surface area contributed by atoms with Crippen LogP contribution in [0.3, 0.4) is 0 Å². The molecule has 2 heterocycles. The van der Waals surface area contributed by atoms with Gasteiger partial charge in [-0.2, -0.15) is 0 Å². The molecular weight excluding hydrogens is 372 g/mol. The van der Waals surface area contributed by atoms with Crippen LogP contribution in [0.1, 0.15) is 35.7 Å². The Kier molecular flexibility index (Phi) is 4.78. The Morgan fingerprint density at radius 1 is 0.933 bits per heavy atom. The summed E-state index contributed by atoms with van der Waals surface area (Å²) in [5.41, 5.74) is 2.99. The standard InChI is InChI=1S/C26H26N2O2/c1-18-16-20-9-3-5-14-24(20)28(18)25(29)21-11-7-15-27(17-21)26(30)23-13-6-10-19-8-2-4-12-22(19)23/h2-6,8-10,12-14,18,21H,7,11,15-17H2,1H3. The van der Waals surface area contributed by atoms with Crippen molar-refractivity contribution >= 4 is 28.3 Å². The summed E-state index contributed by atoms with van der Waals surface area (Å²) in [5.74, 6) is 0.0355. The van der Waals surface area contributed by atoms with Gasteiger partial charge in [0.25, 0.3) is 5.91 Å². The maximum Gasteiger partial charge on any atom is 0.254 e. The molecule has 2 aliphatic heterocycles. The van der Waals surface area contributed by atoms with Crippen LogP contribution in [0.2, 0.25) is 0 Å². The molecule has 5 rings (SSSR count). The van der Waals surface area contributed by atoms with Gasteiger partial charge in [0, 0.05) is 30.4 Å². The molecule has 4 heteroatoms. The zero-order valence-corrected chi connectivity index (χ0v) is 17.3. The van der Waals surface area contributed by atoms with E-state index in [-0.39, 0.29) is 23.8 Å². The largest absolute Gasteiger partial charge is 0.338 e. The summed E-state index contributed by atoms with van der Waals surface area (Å²) in [7, 11) is 0. The molecule has 0 saturated carbocycles. The lowest BCUT2D eigenvalue weighted by Gasteiger charge is -2.35. The highest BCUT2D eigenvalue weighted by molar-refractivity contribution is 6.07. The van der Waals surface area contributed by atoms with Crippen molar-refractivity contribution in [3.8, 4) is 0 Å². The third-order valence-electron chi connectivity index (χ3n) is 6.52. The number of likely N-dealkylation sites (tertiary alicyclic amines) is 1. The van der Waals surface area contributed by atoms with Gasteiger partial charge in [-0.25, -0.2) is 0 Å². The molecule has 0 bridgehead atoms. The van der Waals surface area contributed by atoms with Crippen LogP contribution in [0, 0.1) is 5.92 Å². The van der Waals surface area contributed by atoms with Crippen LogP contribution < -0.4 is 4.90 Å². The normalized spacial score (nSPS) is 21.0. The Morgan fingerprint density at radius 3 is 2.60 bits per heavy atom. The molecule has 3 aromatic carbocycles. The average Bonchev–Trinajstić information content (AvgIpc) is 3.13. The fourth-order valence-electron chi connectivity index (χ4n) is 5.04. The minimum Gasteiger partial charge on any atom is -0.338 e. The summed E-state index contributed by atoms with van der Waals surface area (Å²) in [4.78, 5) is 30.7. The predicted octanol–water partition coefficient (Wildman–Crippen LogP) is 4.67. The minimum atomic E-state index is -0.147. The highest BCUT2D eigenvalue weighted by Gasteiger charge is 2.37. The van der Waals surface area contributed by atoms with Crippen molar-refractivity contribution in [1.29, 1.82) is 0 Å². The number of rotatable bonds is 2. The number of fused-ring (bicyclic) bond motifs is 2. The second kappa shape index (κ2) is 7.60. The quantitative estimate of drug-likeness (QED) is 0.629. The summed E-state index contributed by atoms with van der Waals surface area (Å²) < 4.78 is 0. The van der Waals surface area contributed by atoms with Crippen LogP contribution >= 0.6 is 0 Å². The van der Waals surface area contributed by atoms with E-state index in [9.17, 15) is 9.59 Å². The van der Waals surface area contributed by atoms with Crippen molar-refractivity contribution in [2.24, 2.45) is 5.92 Å². The fourth-order valence-corrected chi connectivity index (χ4v) is 5.04. The van der Waals surface area contributed by atoms with Crippen LogP contribution in [0.25, 0.3) is 10.8 Å². The molecule has 30 heavy (non-hydrogen) atoms. The Bertz CT molecular complexity index is 1120. The van der Waals surface area contributed by atoms with Crippen LogP contribution in [-0.4, -0.2) is 35.8 Å². The molecule has 0 radical (unpaired) electrons. The van der Waals surface area contributed by atoms with Crippen LogP contribution in [-0.2, 0) is 11.2 Å². The van der Waals surface area contributed by atoms with Gasteiger partial charge in [0.05, 0.1) is 5.92 Å². The molecule has 2 unspecified atom stereocenters. The first-order valence-electron chi connectivity index (χ1n) is 10.8. The number of carbonyl (C=O) groups excluding carboxylic acids is 2. The molecule has 2 aliphatic rings. The van der Waals surface area contributed by atoms with Crippen molar-refractivity contribution in [2.75, 3.05) is 18.0 Å². The minimum absolute atomic E-state index is 0.0270. The van der Waals surface area contributed by atoms with Gasteiger partial charge in [-0.3, -0.25) is 9.59 Å². The van der Waals surface area contributed by atoms with Gasteiger partial charge >= 0.3 is 0 Å². The molecule has 1 fully saturated rings. The molecule has 0 aromatic heterocycles.